The van der Waals surface area contributed by atoms with Gasteiger partial charge >= 0.3 is 6.09 Å². The zero-order valence-corrected chi connectivity index (χ0v) is 33.6. The molecule has 0 spiro atoms. The van der Waals surface area contributed by atoms with Crippen LogP contribution in [0.3, 0.4) is 0 Å². The number of fused-ring (bicyclic) bond motifs is 1. The number of hydrogen-bond acceptors (Lipinski definition) is 10. The van der Waals surface area contributed by atoms with Crippen molar-refractivity contribution in [2.45, 2.75) is 104 Å². The molecule has 0 bridgehead atoms. The number of carbonyl (C=O) groups is 1. The summed E-state index contributed by atoms with van der Waals surface area (Å²) in [5.41, 5.74) is -1.95. The van der Waals surface area contributed by atoms with E-state index in [2.05, 4.69) is 17.3 Å². The number of likely N-dealkylation sites (tertiary alicyclic amines) is 1. The first-order valence-electron chi connectivity index (χ1n) is 19.3. The summed E-state index contributed by atoms with van der Waals surface area (Å²) in [6, 6.07) is 4.66. The molecule has 0 unspecified atom stereocenters. The molecule has 1 amide bonds. The lowest BCUT2D eigenvalue weighted by atomic mass is 9.85. The summed E-state index contributed by atoms with van der Waals surface area (Å²) in [4.78, 5) is 34.0. The highest BCUT2D eigenvalue weighted by Gasteiger charge is 2.46. The van der Waals surface area contributed by atoms with Crippen LogP contribution < -0.4 is 20.5 Å². The summed E-state index contributed by atoms with van der Waals surface area (Å²) in [5.74, 6) is -5.23. The van der Waals surface area contributed by atoms with E-state index in [4.69, 9.17) is 14.5 Å². The molecule has 5 rings (SSSR count). The third-order valence-electron chi connectivity index (χ3n) is 10.3. The molecule has 2 aromatic heterocycles. The third-order valence-corrected chi connectivity index (χ3v) is 11.9. The number of alkyl halides is 2. The number of hydrogen-bond donors (Lipinski definition) is 1. The molecule has 1 N–H and O–H groups in total. The summed E-state index contributed by atoms with van der Waals surface area (Å²) in [6.07, 6.45) is 5.54. The molecule has 0 radical (unpaired) electrons. The zero-order valence-electron chi connectivity index (χ0n) is 32.8. The van der Waals surface area contributed by atoms with Crippen LogP contribution in [0.4, 0.5) is 29.6 Å². The van der Waals surface area contributed by atoms with Gasteiger partial charge in [0.25, 0.3) is 11.5 Å². The molecule has 1 atom stereocenters. The molecule has 3 aromatic rings. The van der Waals surface area contributed by atoms with Gasteiger partial charge in [-0.15, -0.1) is 0 Å². The number of sulfone groups is 1. The smallest absolute Gasteiger partial charge is 0.410 e. The molecule has 1 aromatic carbocycles. The maximum Gasteiger partial charge on any atom is 0.410 e. The number of amides is 1. The fourth-order valence-electron chi connectivity index (χ4n) is 7.07. The maximum absolute atomic E-state index is 16.3. The molecule has 2 fully saturated rings. The Labute approximate surface area is 321 Å². The molecule has 2 aliphatic rings. The lowest BCUT2D eigenvalue weighted by molar-refractivity contribution is -0.0885. The van der Waals surface area contributed by atoms with Gasteiger partial charge in [0, 0.05) is 50.1 Å². The highest BCUT2D eigenvalue weighted by molar-refractivity contribution is 7.91. The Kier molecular flexibility index (Phi) is 13.3. The zero-order chi connectivity index (χ0) is 40.1. The number of aromatic nitrogens is 3. The topological polar surface area (TPSA) is 136 Å². The first-order chi connectivity index (χ1) is 25.9. The molecule has 2 saturated heterocycles. The van der Waals surface area contributed by atoms with Gasteiger partial charge in [-0.25, -0.2) is 31.1 Å². The van der Waals surface area contributed by atoms with Crippen molar-refractivity contribution in [3.05, 3.63) is 51.6 Å². The molecular weight excluding hydrogens is 738 g/mol. The first kappa shape index (κ1) is 42.1. The second-order valence-electron chi connectivity index (χ2n) is 15.7. The van der Waals surface area contributed by atoms with E-state index in [0.29, 0.717) is 17.8 Å². The summed E-state index contributed by atoms with van der Waals surface area (Å²) in [6.45, 7) is 9.80. The largest absolute Gasteiger partial charge is 0.477 e. The minimum Gasteiger partial charge on any atom is -0.477 e. The van der Waals surface area contributed by atoms with Crippen molar-refractivity contribution in [1.82, 2.24) is 19.7 Å². The Hall–Kier alpha value is -4.08. The van der Waals surface area contributed by atoms with Crippen molar-refractivity contribution in [2.24, 2.45) is 13.0 Å². The van der Waals surface area contributed by atoms with Gasteiger partial charge in [-0.2, -0.15) is 10.1 Å². The second-order valence-corrected chi connectivity index (χ2v) is 18.0. The summed E-state index contributed by atoms with van der Waals surface area (Å²) < 4.78 is 85.5. The van der Waals surface area contributed by atoms with E-state index < -0.39 is 56.4 Å². The van der Waals surface area contributed by atoms with Crippen molar-refractivity contribution >= 4 is 38.3 Å². The Morgan fingerprint density at radius 3 is 2.35 bits per heavy atom. The van der Waals surface area contributed by atoms with Gasteiger partial charge in [-0.3, -0.25) is 4.79 Å². The van der Waals surface area contributed by atoms with Crippen LogP contribution >= 0.6 is 0 Å². The van der Waals surface area contributed by atoms with Crippen LogP contribution in [0.15, 0.2) is 29.1 Å². The minimum atomic E-state index is -3.52. The first-order valence-corrected chi connectivity index (χ1v) is 21.2. The number of piperidine rings is 1. The fraction of sp³-hybridized carbons (Fsp3) is 0.641. The number of benzene rings is 1. The van der Waals surface area contributed by atoms with Crippen LogP contribution in [0, 0.1) is 11.7 Å². The molecule has 304 valence electrons. The predicted molar refractivity (Wildman–Crippen MR) is 207 cm³/mol. The Morgan fingerprint density at radius 2 is 1.69 bits per heavy atom. The van der Waals surface area contributed by atoms with Crippen LogP contribution in [0.2, 0.25) is 0 Å². The molecule has 0 saturated carbocycles. The predicted octanol–water partition coefficient (Wildman–Crippen LogP) is 7.35. The number of nitrogens with one attached hydrogen (secondary N) is 1. The van der Waals surface area contributed by atoms with E-state index >= 15 is 13.2 Å². The van der Waals surface area contributed by atoms with Crippen molar-refractivity contribution in [1.29, 1.82) is 0 Å². The number of rotatable bonds is 14. The van der Waals surface area contributed by atoms with E-state index in [1.165, 1.54) is 24.1 Å². The monoisotopic (exact) mass is 792 g/mol. The van der Waals surface area contributed by atoms with E-state index in [1.54, 1.807) is 33.8 Å². The number of pyridine rings is 1. The van der Waals surface area contributed by atoms with Crippen LogP contribution in [-0.4, -0.2) is 84.1 Å². The average molecular weight is 793 g/mol. The van der Waals surface area contributed by atoms with Gasteiger partial charge in [0.15, 0.2) is 15.7 Å². The van der Waals surface area contributed by atoms with Gasteiger partial charge in [0.05, 0.1) is 29.7 Å². The van der Waals surface area contributed by atoms with E-state index in [1.807, 2.05) is 4.90 Å². The molecule has 2 aliphatic heterocycles. The number of anilines is 2. The number of ether oxygens (including phenoxy) is 2. The van der Waals surface area contributed by atoms with Crippen LogP contribution in [0.1, 0.15) is 103 Å². The van der Waals surface area contributed by atoms with Crippen molar-refractivity contribution < 1.29 is 35.9 Å². The van der Waals surface area contributed by atoms with Gasteiger partial charge < -0.3 is 24.6 Å². The summed E-state index contributed by atoms with van der Waals surface area (Å²) >= 11 is 0. The third kappa shape index (κ3) is 10.2. The number of nitrogens with zero attached hydrogens (tertiary/aromatic N) is 5. The standard InChI is InChI=1S/C39H55F3N6O6S/c1-7-8-9-10-11-12-22-53-35-32-29(25-31(44-35)47-20-23-55(51,52)24-21-47)34(45-46(6)36(32)49)43-26(2)28-14-13-15-30(33(28)40)39(41,42)27-16-18-48(19-17-27)37(50)54-38(3,4)5/h13-15,25-27H,7-12,16-24H2,1-6H3,(H,43,45)/t26-/m1/s1. The van der Waals surface area contributed by atoms with Crippen LogP contribution in [0.25, 0.3) is 10.8 Å². The lowest BCUT2D eigenvalue weighted by Gasteiger charge is -2.37. The molecule has 55 heavy (non-hydrogen) atoms. The lowest BCUT2D eigenvalue weighted by Crippen LogP contribution is -2.44. The highest BCUT2D eigenvalue weighted by atomic mass is 32.2. The van der Waals surface area contributed by atoms with E-state index in [-0.39, 0.29) is 73.2 Å². The van der Waals surface area contributed by atoms with Gasteiger partial charge in [-0.1, -0.05) is 57.2 Å². The molecule has 4 heterocycles. The highest BCUT2D eigenvalue weighted by Crippen LogP contribution is 2.44. The van der Waals surface area contributed by atoms with Crippen molar-refractivity contribution in [3.8, 4) is 5.88 Å². The molecule has 0 aliphatic carbocycles. The van der Waals surface area contributed by atoms with Crippen LogP contribution in [0.5, 0.6) is 5.88 Å². The van der Waals surface area contributed by atoms with Crippen molar-refractivity contribution in [3.63, 3.8) is 0 Å². The number of carbonyl (C=O) groups excluding carboxylic acids is 1. The number of aryl methyl sites for hydroxylation is 1. The average Bonchev–Trinajstić information content (AvgIpc) is 3.12. The van der Waals surface area contributed by atoms with E-state index in [9.17, 15) is 18.0 Å². The maximum atomic E-state index is 16.3. The quantitative estimate of drug-likeness (QED) is 0.165. The number of halogens is 3. The molecular formula is C39H55F3N6O6S. The minimum absolute atomic E-state index is 0.0257. The van der Waals surface area contributed by atoms with Gasteiger partial charge in [0.1, 0.15) is 22.6 Å². The molecule has 12 nitrogen and oxygen atoms in total. The summed E-state index contributed by atoms with van der Waals surface area (Å²) in [5, 5.41) is 8.08. The number of unbranched alkanes of at least 4 members (excludes halogenated alkanes) is 5. The molecule has 16 heteroatoms. The second kappa shape index (κ2) is 17.4. The fourth-order valence-corrected chi connectivity index (χ4v) is 8.28. The van der Waals surface area contributed by atoms with Crippen molar-refractivity contribution in [2.75, 3.05) is 54.5 Å². The van der Waals surface area contributed by atoms with Gasteiger partial charge in [-0.05, 0) is 53.0 Å². The Morgan fingerprint density at radius 1 is 1.04 bits per heavy atom. The Balaban J connectivity index is 1.42. The normalized spacial score (nSPS) is 17.3. The van der Waals surface area contributed by atoms with Crippen LogP contribution in [-0.2, 0) is 27.5 Å². The SMILES string of the molecule is CCCCCCCCOc1nc(N2CCS(=O)(=O)CC2)cc2c(N[C@H](C)c3cccc(C(F)(F)C4CCN(C(=O)OC(C)(C)C)CC4)c3F)nn(C)c(=O)c12. The summed E-state index contributed by atoms with van der Waals surface area (Å²) in [7, 11) is -1.73. The van der Waals surface area contributed by atoms with Gasteiger partial charge in [0.2, 0.25) is 5.88 Å². The van der Waals surface area contributed by atoms with E-state index in [0.717, 1.165) is 49.3 Å². The Bertz CT molecular complexity index is 1980.